The van der Waals surface area contributed by atoms with Crippen molar-refractivity contribution in [1.82, 2.24) is 9.88 Å². The van der Waals surface area contributed by atoms with Gasteiger partial charge in [0.25, 0.3) is 0 Å². The van der Waals surface area contributed by atoms with Gasteiger partial charge in [0.2, 0.25) is 5.91 Å². The maximum Gasteiger partial charge on any atom is 0.223 e. The van der Waals surface area contributed by atoms with Crippen molar-refractivity contribution < 1.29 is 9.90 Å². The van der Waals surface area contributed by atoms with Crippen LogP contribution in [-0.4, -0.2) is 34.0 Å². The molecule has 16 heavy (non-hydrogen) atoms. The summed E-state index contributed by atoms with van der Waals surface area (Å²) >= 11 is 1.63. The number of rotatable bonds is 3. The maximum atomic E-state index is 11.8. The van der Waals surface area contributed by atoms with Crippen LogP contribution in [0.4, 0.5) is 0 Å². The van der Waals surface area contributed by atoms with Crippen LogP contribution in [0.15, 0.2) is 6.20 Å². The van der Waals surface area contributed by atoms with Gasteiger partial charge in [0.05, 0.1) is 6.04 Å². The van der Waals surface area contributed by atoms with Gasteiger partial charge in [-0.25, -0.2) is 4.98 Å². The van der Waals surface area contributed by atoms with Gasteiger partial charge in [-0.15, -0.1) is 11.3 Å². The molecule has 1 saturated heterocycles. The molecule has 5 heteroatoms. The van der Waals surface area contributed by atoms with Gasteiger partial charge >= 0.3 is 0 Å². The van der Waals surface area contributed by atoms with Gasteiger partial charge in [0.1, 0.15) is 5.01 Å². The molecule has 0 aromatic carbocycles. The normalized spacial score (nSPS) is 22.8. The second kappa shape index (κ2) is 4.51. The molecule has 2 rings (SSSR count). The lowest BCUT2D eigenvalue weighted by molar-refractivity contribution is -0.129. The van der Waals surface area contributed by atoms with Gasteiger partial charge in [-0.05, 0) is 13.8 Å². The fraction of sp³-hybridized carbons (Fsp3) is 0.636. The predicted octanol–water partition coefficient (Wildman–Crippen LogP) is 1.35. The minimum absolute atomic E-state index is 0.0303. The summed E-state index contributed by atoms with van der Waals surface area (Å²) in [6.45, 7) is 4.74. The first-order valence-electron chi connectivity index (χ1n) is 5.44. The summed E-state index contributed by atoms with van der Waals surface area (Å²) in [5, 5.41) is 10.0. The van der Waals surface area contributed by atoms with E-state index in [2.05, 4.69) is 4.98 Å². The predicted molar refractivity (Wildman–Crippen MR) is 62.2 cm³/mol. The number of aliphatic hydroxyl groups is 1. The molecule has 88 valence electrons. The molecule has 2 atom stereocenters. The molecule has 2 unspecified atom stereocenters. The van der Waals surface area contributed by atoms with E-state index in [0.29, 0.717) is 13.0 Å². The zero-order valence-electron chi connectivity index (χ0n) is 9.51. The highest BCUT2D eigenvalue weighted by atomic mass is 32.1. The van der Waals surface area contributed by atoms with Crippen molar-refractivity contribution in [3.8, 4) is 0 Å². The molecule has 1 N–H and O–H groups in total. The van der Waals surface area contributed by atoms with Crippen molar-refractivity contribution in [2.75, 3.05) is 13.2 Å². The largest absolute Gasteiger partial charge is 0.396 e. The van der Waals surface area contributed by atoms with Crippen LogP contribution in [0.2, 0.25) is 0 Å². The van der Waals surface area contributed by atoms with Crippen LogP contribution >= 0.6 is 11.3 Å². The molecule has 1 amide bonds. The number of hydrogen-bond donors (Lipinski definition) is 1. The third kappa shape index (κ3) is 2.10. The van der Waals surface area contributed by atoms with Crippen molar-refractivity contribution in [3.05, 3.63) is 16.1 Å². The summed E-state index contributed by atoms with van der Waals surface area (Å²) in [5.74, 6) is 0.218. The van der Waals surface area contributed by atoms with Gasteiger partial charge in [-0.1, -0.05) is 0 Å². The van der Waals surface area contributed by atoms with Crippen LogP contribution in [0, 0.1) is 12.8 Å². The Hall–Kier alpha value is -0.940. The second-order valence-electron chi connectivity index (χ2n) is 4.28. The Kier molecular flexibility index (Phi) is 3.25. The number of aromatic nitrogens is 1. The maximum absolute atomic E-state index is 11.8. The fourth-order valence-corrected chi connectivity index (χ4v) is 2.84. The van der Waals surface area contributed by atoms with E-state index in [0.717, 1.165) is 9.88 Å². The van der Waals surface area contributed by atoms with Crippen LogP contribution in [-0.2, 0) is 4.79 Å². The number of hydrogen-bond acceptors (Lipinski definition) is 4. The van der Waals surface area contributed by atoms with Crippen LogP contribution in [0.25, 0.3) is 0 Å². The van der Waals surface area contributed by atoms with Crippen LogP contribution in [0.1, 0.15) is 29.3 Å². The van der Waals surface area contributed by atoms with Crippen LogP contribution in [0.3, 0.4) is 0 Å². The molecule has 4 nitrogen and oxygen atoms in total. The van der Waals surface area contributed by atoms with E-state index in [9.17, 15) is 4.79 Å². The summed E-state index contributed by atoms with van der Waals surface area (Å²) in [7, 11) is 0. The van der Waals surface area contributed by atoms with E-state index < -0.39 is 0 Å². The molecule has 1 aromatic heterocycles. The number of thiazole rings is 1. The van der Waals surface area contributed by atoms with Gasteiger partial charge in [-0.2, -0.15) is 0 Å². The number of amides is 1. The Bertz CT molecular complexity index is 391. The molecule has 0 radical (unpaired) electrons. The third-order valence-corrected chi connectivity index (χ3v) is 4.04. The number of nitrogens with zero attached hydrogens (tertiary/aromatic N) is 2. The fourth-order valence-electron chi connectivity index (χ4n) is 2.00. The number of aliphatic hydroxyl groups excluding tert-OH is 1. The molecule has 1 aliphatic rings. The Balaban J connectivity index is 2.10. The monoisotopic (exact) mass is 240 g/mol. The molecule has 1 fully saturated rings. The SMILES string of the molecule is Cc1cnc(C(C)N2CC(CO)CC2=O)s1. The van der Waals surface area contributed by atoms with Crippen molar-refractivity contribution in [2.24, 2.45) is 5.92 Å². The van der Waals surface area contributed by atoms with Crippen molar-refractivity contribution in [1.29, 1.82) is 0 Å². The summed E-state index contributed by atoms with van der Waals surface area (Å²) < 4.78 is 0. The van der Waals surface area contributed by atoms with E-state index in [-0.39, 0.29) is 24.5 Å². The van der Waals surface area contributed by atoms with E-state index in [1.807, 2.05) is 24.9 Å². The molecular weight excluding hydrogens is 224 g/mol. The highest BCUT2D eigenvalue weighted by molar-refractivity contribution is 7.11. The average molecular weight is 240 g/mol. The average Bonchev–Trinajstić information content (AvgIpc) is 2.83. The lowest BCUT2D eigenvalue weighted by Crippen LogP contribution is -2.28. The molecule has 1 aliphatic heterocycles. The summed E-state index contributed by atoms with van der Waals surface area (Å²) in [4.78, 5) is 19.0. The molecule has 0 spiro atoms. The number of carbonyl (C=O) groups excluding carboxylic acids is 1. The molecule has 2 heterocycles. The first-order chi connectivity index (χ1) is 7.61. The number of carbonyl (C=O) groups is 1. The summed E-state index contributed by atoms with van der Waals surface area (Å²) in [6.07, 6.45) is 2.30. The number of aryl methyl sites for hydroxylation is 1. The molecule has 0 aliphatic carbocycles. The highest BCUT2D eigenvalue weighted by Gasteiger charge is 2.33. The van der Waals surface area contributed by atoms with Crippen LogP contribution < -0.4 is 0 Å². The molecule has 0 saturated carbocycles. The lowest BCUT2D eigenvalue weighted by Gasteiger charge is -2.22. The van der Waals surface area contributed by atoms with Crippen LogP contribution in [0.5, 0.6) is 0 Å². The second-order valence-corrected chi connectivity index (χ2v) is 5.55. The van der Waals surface area contributed by atoms with Crippen molar-refractivity contribution in [2.45, 2.75) is 26.3 Å². The lowest BCUT2D eigenvalue weighted by atomic mass is 10.1. The smallest absolute Gasteiger partial charge is 0.223 e. The van der Waals surface area contributed by atoms with E-state index >= 15 is 0 Å². The van der Waals surface area contributed by atoms with Gasteiger partial charge in [0, 0.05) is 36.6 Å². The first kappa shape index (κ1) is 11.5. The number of likely N-dealkylation sites (tertiary alicyclic amines) is 1. The van der Waals surface area contributed by atoms with Crippen molar-refractivity contribution >= 4 is 17.2 Å². The third-order valence-electron chi connectivity index (χ3n) is 2.96. The first-order valence-corrected chi connectivity index (χ1v) is 6.26. The van der Waals surface area contributed by atoms with Crippen molar-refractivity contribution in [3.63, 3.8) is 0 Å². The zero-order chi connectivity index (χ0) is 11.7. The van der Waals surface area contributed by atoms with Gasteiger partial charge in [-0.3, -0.25) is 4.79 Å². The van der Waals surface area contributed by atoms with Gasteiger partial charge < -0.3 is 10.0 Å². The molecule has 0 bridgehead atoms. The Labute approximate surface area is 98.9 Å². The Morgan fingerprint density at radius 2 is 2.50 bits per heavy atom. The van der Waals surface area contributed by atoms with E-state index in [1.165, 1.54) is 0 Å². The minimum atomic E-state index is 0.0303. The topological polar surface area (TPSA) is 53.4 Å². The van der Waals surface area contributed by atoms with E-state index in [1.54, 1.807) is 11.3 Å². The quantitative estimate of drug-likeness (QED) is 0.867. The standard InChI is InChI=1S/C11H16N2O2S/c1-7-4-12-11(16-7)8(2)13-5-9(6-14)3-10(13)15/h4,8-9,14H,3,5-6H2,1-2H3. The highest BCUT2D eigenvalue weighted by Crippen LogP contribution is 2.30. The summed E-state index contributed by atoms with van der Waals surface area (Å²) in [6, 6.07) is 0.0303. The summed E-state index contributed by atoms with van der Waals surface area (Å²) in [5.41, 5.74) is 0. The molecular formula is C11H16N2O2S. The molecule has 1 aromatic rings. The zero-order valence-corrected chi connectivity index (χ0v) is 10.3. The minimum Gasteiger partial charge on any atom is -0.396 e. The Morgan fingerprint density at radius 3 is 3.00 bits per heavy atom. The Morgan fingerprint density at radius 1 is 1.75 bits per heavy atom. The van der Waals surface area contributed by atoms with Gasteiger partial charge in [0.15, 0.2) is 0 Å². The van der Waals surface area contributed by atoms with E-state index in [4.69, 9.17) is 5.11 Å².